The number of fused-ring (bicyclic) bond motifs is 11. The molecule has 0 radical (unpaired) electrons. The highest BCUT2D eigenvalue weighted by atomic mass is 32.1. The van der Waals surface area contributed by atoms with Crippen LogP contribution in [-0.4, -0.2) is 25.6 Å². The highest BCUT2D eigenvalue weighted by Gasteiger charge is 2.42. The SMILES string of the molecule is C1=CC2C(c3ccccc31)c1cccc(-c3ccc4c(c3)c3c5ccccc5ccc3n4-c3nc(-c4ccccc4)c4sc(-c5ccccc5)cc4n3)c1N2c1ccncc1. The lowest BCUT2D eigenvalue weighted by Crippen LogP contribution is -2.30. The van der Waals surface area contributed by atoms with Crippen molar-refractivity contribution in [3.8, 4) is 38.8 Å². The Morgan fingerprint density at radius 3 is 2.18 bits per heavy atom. The number of pyridine rings is 1. The third kappa shape index (κ3) is 5.22. The predicted molar refractivity (Wildman–Crippen MR) is 253 cm³/mol. The van der Waals surface area contributed by atoms with Crippen LogP contribution in [0.25, 0.3) is 87.6 Å². The van der Waals surface area contributed by atoms with Crippen molar-refractivity contribution in [1.82, 2.24) is 19.5 Å². The van der Waals surface area contributed by atoms with Gasteiger partial charge in [0.25, 0.3) is 0 Å². The standard InChI is InChI=1S/C55H35N5S/c1-3-14-36(15-4-1)49-33-45-54(61-49)52(37-16-5-2-6-17-37)58-55(57-45)60-46-25-24-38(32-44(46)51-41-19-10-8-13-35(41)23-27-48(51)60)42-20-11-21-43-50-40-18-9-7-12-34(40)22-26-47(50)59(53(42)43)39-28-30-56-31-29-39/h1-33,47,50H. The molecule has 1 aliphatic carbocycles. The summed E-state index contributed by atoms with van der Waals surface area (Å²) in [6.07, 6.45) is 8.48. The van der Waals surface area contributed by atoms with Gasteiger partial charge in [0.2, 0.25) is 5.95 Å². The van der Waals surface area contributed by atoms with Crippen molar-refractivity contribution in [3.63, 3.8) is 0 Å². The molecule has 0 amide bonds. The van der Waals surface area contributed by atoms with Crippen LogP contribution in [0.15, 0.2) is 194 Å². The van der Waals surface area contributed by atoms with E-state index < -0.39 is 0 Å². The van der Waals surface area contributed by atoms with Gasteiger partial charge in [-0.2, -0.15) is 0 Å². The van der Waals surface area contributed by atoms with Crippen molar-refractivity contribution in [2.24, 2.45) is 0 Å². The first-order chi connectivity index (χ1) is 30.3. The molecule has 4 aromatic heterocycles. The minimum absolute atomic E-state index is 0.133. The van der Waals surface area contributed by atoms with Crippen LogP contribution in [0.5, 0.6) is 0 Å². The number of benzene rings is 7. The van der Waals surface area contributed by atoms with E-state index in [0.29, 0.717) is 5.95 Å². The summed E-state index contributed by atoms with van der Waals surface area (Å²) in [5.41, 5.74) is 15.0. The second-order valence-electron chi connectivity index (χ2n) is 16.0. The largest absolute Gasteiger partial charge is 0.333 e. The Bertz CT molecular complexity index is 3550. The first kappa shape index (κ1) is 34.2. The monoisotopic (exact) mass is 797 g/mol. The van der Waals surface area contributed by atoms with Crippen LogP contribution in [-0.2, 0) is 0 Å². The second kappa shape index (κ2) is 13.4. The fraction of sp³-hybridized carbons (Fsp3) is 0.0364. The Morgan fingerprint density at radius 1 is 0.557 bits per heavy atom. The van der Waals surface area contributed by atoms with Crippen molar-refractivity contribution >= 4 is 71.6 Å². The van der Waals surface area contributed by atoms with Crippen LogP contribution in [0.1, 0.15) is 22.6 Å². The Kier molecular flexibility index (Phi) is 7.53. The molecule has 5 heterocycles. The topological polar surface area (TPSA) is 46.8 Å². The van der Waals surface area contributed by atoms with Crippen molar-refractivity contribution in [2.75, 3.05) is 4.90 Å². The number of aromatic nitrogens is 4. The predicted octanol–water partition coefficient (Wildman–Crippen LogP) is 14.0. The van der Waals surface area contributed by atoms with Gasteiger partial charge in [-0.25, -0.2) is 9.97 Å². The van der Waals surface area contributed by atoms with Gasteiger partial charge in [-0.1, -0.05) is 152 Å². The van der Waals surface area contributed by atoms with Crippen LogP contribution in [0, 0.1) is 0 Å². The Morgan fingerprint density at radius 2 is 1.31 bits per heavy atom. The molecular formula is C55H35N5S. The van der Waals surface area contributed by atoms with Gasteiger partial charge < -0.3 is 4.90 Å². The molecule has 2 unspecified atom stereocenters. The summed E-state index contributed by atoms with van der Waals surface area (Å²) in [5, 5.41) is 4.76. The van der Waals surface area contributed by atoms with Gasteiger partial charge in [0.05, 0.1) is 38.7 Å². The van der Waals surface area contributed by atoms with Gasteiger partial charge >= 0.3 is 0 Å². The second-order valence-corrected chi connectivity index (χ2v) is 17.0. The van der Waals surface area contributed by atoms with E-state index in [1.165, 1.54) is 59.9 Å². The Hall–Kier alpha value is -7.67. The average Bonchev–Trinajstić information content (AvgIpc) is 4.02. The molecule has 0 N–H and O–H groups in total. The molecule has 0 fully saturated rings. The number of para-hydroxylation sites is 1. The zero-order valence-electron chi connectivity index (χ0n) is 32.9. The van der Waals surface area contributed by atoms with Crippen molar-refractivity contribution in [2.45, 2.75) is 12.0 Å². The zero-order chi connectivity index (χ0) is 40.0. The molecule has 11 aromatic rings. The lowest BCUT2D eigenvalue weighted by molar-refractivity contribution is 0.724. The number of anilines is 2. The molecule has 2 aliphatic rings. The van der Waals surface area contributed by atoms with Gasteiger partial charge in [0.1, 0.15) is 0 Å². The summed E-state index contributed by atoms with van der Waals surface area (Å²) < 4.78 is 3.36. The molecule has 13 rings (SSSR count). The van der Waals surface area contributed by atoms with Crippen LogP contribution in [0.3, 0.4) is 0 Å². The lowest BCUT2D eigenvalue weighted by Gasteiger charge is -2.32. The van der Waals surface area contributed by atoms with E-state index in [1.807, 2.05) is 12.4 Å². The molecule has 6 heteroatoms. The van der Waals surface area contributed by atoms with Crippen molar-refractivity contribution < 1.29 is 0 Å². The minimum Gasteiger partial charge on any atom is -0.333 e. The zero-order valence-corrected chi connectivity index (χ0v) is 33.7. The van der Waals surface area contributed by atoms with Crippen LogP contribution < -0.4 is 4.90 Å². The molecule has 61 heavy (non-hydrogen) atoms. The van der Waals surface area contributed by atoms with Gasteiger partial charge in [-0.3, -0.25) is 9.55 Å². The third-order valence-electron chi connectivity index (χ3n) is 12.7. The normalized spacial score (nSPS) is 15.4. The van der Waals surface area contributed by atoms with Crippen LogP contribution in [0.4, 0.5) is 11.4 Å². The van der Waals surface area contributed by atoms with Crippen molar-refractivity contribution in [3.05, 3.63) is 211 Å². The highest BCUT2D eigenvalue weighted by molar-refractivity contribution is 7.22. The maximum absolute atomic E-state index is 5.48. The molecule has 286 valence electrons. The summed E-state index contributed by atoms with van der Waals surface area (Å²) in [6, 6.07) is 63.6. The molecule has 5 nitrogen and oxygen atoms in total. The highest BCUT2D eigenvalue weighted by Crippen LogP contribution is 2.55. The first-order valence-electron chi connectivity index (χ1n) is 20.8. The Labute approximate surface area is 356 Å². The number of nitrogens with zero attached hydrogens (tertiary/aromatic N) is 5. The van der Waals surface area contributed by atoms with Gasteiger partial charge in [0, 0.05) is 50.8 Å². The molecule has 0 spiro atoms. The fourth-order valence-electron chi connectivity index (χ4n) is 10.0. The number of thiophene rings is 1. The number of hydrogen-bond donors (Lipinski definition) is 0. The summed E-state index contributed by atoms with van der Waals surface area (Å²) in [6.45, 7) is 0. The Balaban J connectivity index is 1.07. The van der Waals surface area contributed by atoms with Gasteiger partial charge in [-0.15, -0.1) is 11.3 Å². The number of hydrogen-bond acceptors (Lipinski definition) is 5. The van der Waals surface area contributed by atoms with Crippen LogP contribution >= 0.6 is 11.3 Å². The summed E-state index contributed by atoms with van der Waals surface area (Å²) in [4.78, 5) is 19.0. The maximum Gasteiger partial charge on any atom is 0.235 e. The van der Waals surface area contributed by atoms with Gasteiger partial charge in [-0.05, 0) is 75.0 Å². The minimum atomic E-state index is 0.133. The van der Waals surface area contributed by atoms with E-state index >= 15 is 0 Å². The number of rotatable bonds is 5. The van der Waals surface area contributed by atoms with Crippen LogP contribution in [0.2, 0.25) is 0 Å². The molecule has 0 saturated heterocycles. The summed E-state index contributed by atoms with van der Waals surface area (Å²) in [7, 11) is 0. The summed E-state index contributed by atoms with van der Waals surface area (Å²) >= 11 is 1.75. The summed E-state index contributed by atoms with van der Waals surface area (Å²) in [5.74, 6) is 0.857. The van der Waals surface area contributed by atoms with E-state index in [4.69, 9.17) is 9.97 Å². The third-order valence-corrected chi connectivity index (χ3v) is 13.8. The molecule has 7 aromatic carbocycles. The molecular weight excluding hydrogens is 763 g/mol. The maximum atomic E-state index is 5.48. The fourth-order valence-corrected chi connectivity index (χ4v) is 11.1. The van der Waals surface area contributed by atoms with E-state index in [-0.39, 0.29) is 12.0 Å². The quantitative estimate of drug-likeness (QED) is 0.174. The van der Waals surface area contributed by atoms with Gasteiger partial charge in [0.15, 0.2) is 0 Å². The average molecular weight is 798 g/mol. The van der Waals surface area contributed by atoms with E-state index in [1.54, 1.807) is 11.3 Å². The molecule has 0 saturated carbocycles. The lowest BCUT2D eigenvalue weighted by atomic mass is 9.81. The van der Waals surface area contributed by atoms with E-state index in [9.17, 15) is 0 Å². The van der Waals surface area contributed by atoms with Crippen molar-refractivity contribution in [1.29, 1.82) is 0 Å². The smallest absolute Gasteiger partial charge is 0.235 e. The first-order valence-corrected chi connectivity index (χ1v) is 21.6. The van der Waals surface area contributed by atoms with E-state index in [0.717, 1.165) is 43.8 Å². The van der Waals surface area contributed by atoms with E-state index in [2.05, 4.69) is 203 Å². The molecule has 2 atom stereocenters. The molecule has 1 aliphatic heterocycles. The molecule has 0 bridgehead atoms.